The van der Waals surface area contributed by atoms with Crippen molar-refractivity contribution < 1.29 is 57.6 Å². The fraction of sp³-hybridized carbons (Fsp3) is 0.426. The number of hydrogen-bond donors (Lipinski definition) is 4. The van der Waals surface area contributed by atoms with Crippen LogP contribution in [-0.4, -0.2) is 95.7 Å². The molecule has 5 rings (SSSR count). The normalized spacial score (nSPS) is 16.9. The summed E-state index contributed by atoms with van der Waals surface area (Å²) in [6, 6.07) is 19.4. The Kier molecular flexibility index (Phi) is 18.8. The second-order valence-electron chi connectivity index (χ2n) is 19.6. The Bertz CT molecular complexity index is 2570. The van der Waals surface area contributed by atoms with E-state index < -0.39 is 71.2 Å². The van der Waals surface area contributed by atoms with Gasteiger partial charge in [0.25, 0.3) is 5.91 Å². The smallest absolute Gasteiger partial charge is 0.507 e. The number of halogens is 1. The maximum Gasteiger partial charge on any atom is 0.514 e. The largest absolute Gasteiger partial charge is 0.514 e. The monoisotopic (exact) mass is 996 g/mol. The molecule has 0 unspecified atom stereocenters. The molecule has 4 bridgehead atoms. The number of nitrogens with zero attached hydrogens (tertiary/aromatic N) is 1. The summed E-state index contributed by atoms with van der Waals surface area (Å²) in [5.74, 6) is -3.74. The fourth-order valence-electron chi connectivity index (χ4n) is 8.03. The highest BCUT2D eigenvalue weighted by molar-refractivity contribution is 6.30. The molecule has 0 aliphatic carbocycles. The average Bonchev–Trinajstić information content (AvgIpc) is 3.29. The van der Waals surface area contributed by atoms with Crippen LogP contribution in [-0.2, 0) is 39.8 Å². The van der Waals surface area contributed by atoms with Gasteiger partial charge in [-0.25, -0.2) is 9.59 Å². The van der Waals surface area contributed by atoms with E-state index in [0.29, 0.717) is 23.4 Å². The van der Waals surface area contributed by atoms with Gasteiger partial charge >= 0.3 is 18.2 Å². The molecule has 0 saturated carbocycles. The molecular formula is C54H65ClN4O12. The van der Waals surface area contributed by atoms with E-state index in [9.17, 15) is 38.7 Å². The van der Waals surface area contributed by atoms with Gasteiger partial charge in [0.1, 0.15) is 34.8 Å². The Labute approximate surface area is 420 Å². The number of nitrogens with one attached hydrogen (secondary N) is 3. The zero-order valence-corrected chi connectivity index (χ0v) is 42.6. The van der Waals surface area contributed by atoms with Crippen LogP contribution in [0.3, 0.4) is 0 Å². The molecule has 17 heteroatoms. The van der Waals surface area contributed by atoms with Gasteiger partial charge in [0.2, 0.25) is 11.8 Å². The number of esters is 1. The fourth-order valence-corrected chi connectivity index (χ4v) is 8.15. The zero-order valence-electron chi connectivity index (χ0n) is 41.8. The van der Waals surface area contributed by atoms with Crippen molar-refractivity contribution in [1.29, 1.82) is 0 Å². The quantitative estimate of drug-likeness (QED) is 0.0452. The van der Waals surface area contributed by atoms with E-state index in [0.717, 1.165) is 11.1 Å². The number of carbonyl (C=O) groups excluding carboxylic acids is 7. The minimum absolute atomic E-state index is 0.0130. The maximum absolute atomic E-state index is 15.0. The molecule has 4 aromatic carbocycles. The van der Waals surface area contributed by atoms with Crippen LogP contribution in [0.15, 0.2) is 84.9 Å². The van der Waals surface area contributed by atoms with E-state index in [2.05, 4.69) is 16.0 Å². The molecule has 0 aromatic heterocycles. The van der Waals surface area contributed by atoms with E-state index in [1.54, 1.807) is 90.1 Å². The number of phenols is 1. The predicted octanol–water partition coefficient (Wildman–Crippen LogP) is 9.28. The molecule has 4 aromatic rings. The topological polar surface area (TPSA) is 216 Å². The summed E-state index contributed by atoms with van der Waals surface area (Å²) in [6.07, 6.45) is -0.0635. The number of phenolic OH excluding ortho intramolecular Hbond substituents is 1. The SMILES string of the molecule is COC(=O)[C@H]1CCCC(=O)[C@H](C)NC(=O)[C@@H](N(C)C(=O)[C@H](CCCCNC(=O)OC(C)(C)C)NC(=O)c2ccc(-c3ccc(Cl)cc3)cc2)c2ccc(O)c(c2)-c2cc(ccc2OC(=O)OC(C)(C)C)C1. The van der Waals surface area contributed by atoms with Crippen LogP contribution >= 0.6 is 11.6 Å². The standard InChI is InChI=1S/C54H65ClN4O12/c1-32-43(60)15-12-13-38(50(65)68-9)29-33-16-27-45(69-52(67)71-54(5,6)7)41(30-33)40-31-37(23-26-44(40)61)46(48(63)57-32)59(8)49(64)42(14-10-11-28-56-51(66)70-53(2,3)4)58-47(62)36-19-17-34(18-20-36)35-21-24-39(55)25-22-35/h16-27,30-32,38,42,46,61H,10-15,28-29H2,1-9H3,(H,56,66)(H,57,63)(H,58,62)/t32-,38-,42-,46-/m0/s1. The first-order chi connectivity index (χ1) is 33.4. The Hall–Kier alpha value is -6.94. The van der Waals surface area contributed by atoms with Crippen LogP contribution in [0.4, 0.5) is 9.59 Å². The lowest BCUT2D eigenvalue weighted by molar-refractivity contribution is -0.145. The predicted molar refractivity (Wildman–Crippen MR) is 268 cm³/mol. The number of ether oxygens (including phenoxy) is 4. The van der Waals surface area contributed by atoms with E-state index in [-0.39, 0.29) is 78.2 Å². The molecule has 1 aliphatic heterocycles. The molecule has 4 amide bonds. The molecule has 71 heavy (non-hydrogen) atoms. The first-order valence-corrected chi connectivity index (χ1v) is 24.0. The molecule has 0 radical (unpaired) electrons. The van der Waals surface area contributed by atoms with Crippen molar-refractivity contribution in [2.45, 2.75) is 123 Å². The van der Waals surface area contributed by atoms with E-state index >= 15 is 0 Å². The number of hydrogen-bond acceptors (Lipinski definition) is 12. The minimum atomic E-state index is -1.46. The molecule has 0 saturated heterocycles. The van der Waals surface area contributed by atoms with Gasteiger partial charge in [0.15, 0.2) is 5.78 Å². The Morgan fingerprint density at radius 1 is 0.845 bits per heavy atom. The third-order valence-corrected chi connectivity index (χ3v) is 11.8. The number of benzene rings is 4. The highest BCUT2D eigenvalue weighted by atomic mass is 35.5. The molecular weight excluding hydrogens is 932 g/mol. The number of Topliss-reactive ketones (excluding diaryl/α,β-unsaturated/α-hetero) is 1. The van der Waals surface area contributed by atoms with Gasteiger partial charge in [-0.3, -0.25) is 24.0 Å². The number of likely N-dealkylation sites (N-methyl/N-ethyl adjacent to an activating group) is 1. The van der Waals surface area contributed by atoms with Crippen LogP contribution in [0.2, 0.25) is 5.02 Å². The summed E-state index contributed by atoms with van der Waals surface area (Å²) in [4.78, 5) is 96.9. The number of methoxy groups -OCH3 is 1. The van der Waals surface area contributed by atoms with Gasteiger partial charge in [0.05, 0.1) is 19.1 Å². The van der Waals surface area contributed by atoms with Crippen molar-refractivity contribution in [3.63, 3.8) is 0 Å². The number of rotatable bonds is 12. The number of alkyl carbamates (subject to hydrolysis) is 1. The Balaban J connectivity index is 1.56. The number of aromatic hydroxyl groups is 1. The Morgan fingerprint density at radius 3 is 2.13 bits per heavy atom. The van der Waals surface area contributed by atoms with Gasteiger partial charge in [-0.1, -0.05) is 48.0 Å². The van der Waals surface area contributed by atoms with Crippen LogP contribution in [0.1, 0.15) is 115 Å². The highest BCUT2D eigenvalue weighted by Crippen LogP contribution is 2.40. The number of fused-ring (bicyclic) bond motifs is 5. The molecule has 1 aliphatic rings. The summed E-state index contributed by atoms with van der Waals surface area (Å²) in [5, 5.41) is 20.5. The Morgan fingerprint density at radius 2 is 1.49 bits per heavy atom. The average molecular weight is 998 g/mol. The van der Waals surface area contributed by atoms with Crippen molar-refractivity contribution in [3.05, 3.63) is 107 Å². The van der Waals surface area contributed by atoms with Crippen LogP contribution in [0.5, 0.6) is 11.5 Å². The third kappa shape index (κ3) is 16.0. The second kappa shape index (κ2) is 24.3. The second-order valence-corrected chi connectivity index (χ2v) is 20.0. The molecule has 380 valence electrons. The minimum Gasteiger partial charge on any atom is -0.507 e. The summed E-state index contributed by atoms with van der Waals surface area (Å²) < 4.78 is 21.6. The van der Waals surface area contributed by atoms with Crippen LogP contribution < -0.4 is 20.7 Å². The summed E-state index contributed by atoms with van der Waals surface area (Å²) in [5.41, 5.74) is 1.43. The van der Waals surface area contributed by atoms with E-state index in [1.165, 1.54) is 50.2 Å². The van der Waals surface area contributed by atoms with E-state index in [4.69, 9.17) is 30.5 Å². The lowest BCUT2D eigenvalue weighted by atomic mass is 9.90. The van der Waals surface area contributed by atoms with Gasteiger partial charge in [-0.15, -0.1) is 0 Å². The van der Waals surface area contributed by atoms with Gasteiger partial charge < -0.3 is 44.9 Å². The van der Waals surface area contributed by atoms with E-state index in [1.807, 2.05) is 12.1 Å². The third-order valence-electron chi connectivity index (χ3n) is 11.6. The first-order valence-electron chi connectivity index (χ1n) is 23.6. The summed E-state index contributed by atoms with van der Waals surface area (Å²) in [6.45, 7) is 12.0. The number of ketones is 1. The lowest BCUT2D eigenvalue weighted by Crippen LogP contribution is -2.52. The van der Waals surface area contributed by atoms with Crippen molar-refractivity contribution in [3.8, 4) is 33.8 Å². The van der Waals surface area contributed by atoms with Crippen LogP contribution in [0, 0.1) is 5.92 Å². The van der Waals surface area contributed by atoms with Crippen molar-refractivity contribution in [2.24, 2.45) is 5.92 Å². The van der Waals surface area contributed by atoms with Crippen molar-refractivity contribution in [2.75, 3.05) is 20.7 Å². The molecule has 0 fully saturated rings. The van der Waals surface area contributed by atoms with Gasteiger partial charge in [-0.2, -0.15) is 0 Å². The van der Waals surface area contributed by atoms with Gasteiger partial charge in [-0.05, 0) is 158 Å². The number of unbranched alkanes of at least 4 members (excludes halogenated alkanes) is 1. The van der Waals surface area contributed by atoms with Crippen molar-refractivity contribution >= 4 is 53.3 Å². The molecule has 16 nitrogen and oxygen atoms in total. The van der Waals surface area contributed by atoms with Gasteiger partial charge in [0, 0.05) is 41.7 Å². The summed E-state index contributed by atoms with van der Waals surface area (Å²) >= 11 is 6.09. The zero-order chi connectivity index (χ0) is 52.2. The van der Waals surface area contributed by atoms with Crippen molar-refractivity contribution in [1.82, 2.24) is 20.9 Å². The molecule has 0 spiro atoms. The highest BCUT2D eigenvalue weighted by Gasteiger charge is 2.36. The maximum atomic E-state index is 15.0. The molecule has 4 atom stereocenters. The number of amides is 4. The summed E-state index contributed by atoms with van der Waals surface area (Å²) in [7, 11) is 2.68. The molecule has 1 heterocycles. The number of carbonyl (C=O) groups is 7. The van der Waals surface area contributed by atoms with Crippen LogP contribution in [0.25, 0.3) is 22.3 Å². The lowest BCUT2D eigenvalue weighted by Gasteiger charge is -2.32. The molecule has 4 N–H and O–H groups in total. The first kappa shape index (κ1) is 55.0.